The van der Waals surface area contributed by atoms with E-state index in [1.165, 1.54) is 11.3 Å². The number of carbonyl (C=O) groups excluding carboxylic acids is 1. The number of aromatic nitrogens is 3. The van der Waals surface area contributed by atoms with Crippen molar-refractivity contribution in [2.75, 3.05) is 5.73 Å². The lowest BCUT2D eigenvalue weighted by Crippen LogP contribution is -2.16. The maximum absolute atomic E-state index is 11.0. The van der Waals surface area contributed by atoms with Crippen molar-refractivity contribution in [2.24, 2.45) is 5.73 Å². The van der Waals surface area contributed by atoms with Gasteiger partial charge in [-0.25, -0.2) is 14.8 Å². The predicted octanol–water partition coefficient (Wildman–Crippen LogP) is 2.24. The van der Waals surface area contributed by atoms with E-state index in [0.29, 0.717) is 22.8 Å². The summed E-state index contributed by atoms with van der Waals surface area (Å²) in [5.74, 6) is 0.504. The van der Waals surface area contributed by atoms with E-state index in [2.05, 4.69) is 15.0 Å². The first-order valence-electron chi connectivity index (χ1n) is 5.95. The molecule has 0 radical (unpaired) electrons. The normalized spacial score (nSPS) is 10.5. The number of anilines is 1. The third kappa shape index (κ3) is 2.70. The Morgan fingerprint density at radius 3 is 2.90 bits per heavy atom. The molecule has 0 aliphatic carbocycles. The number of nitrogens with one attached hydrogen (secondary N) is 1. The van der Waals surface area contributed by atoms with E-state index in [4.69, 9.17) is 16.2 Å². The number of primary amides is 1. The second kappa shape index (κ2) is 5.25. The Labute approximate surface area is 123 Å². The molecule has 0 aromatic carbocycles. The van der Waals surface area contributed by atoms with Crippen LogP contribution in [0.2, 0.25) is 0 Å². The van der Waals surface area contributed by atoms with E-state index >= 15 is 0 Å². The largest absolute Gasteiger partial charge is 0.410 e. The van der Waals surface area contributed by atoms with E-state index < -0.39 is 6.09 Å². The van der Waals surface area contributed by atoms with E-state index in [9.17, 15) is 4.79 Å². The van der Waals surface area contributed by atoms with Gasteiger partial charge in [-0.1, -0.05) is 0 Å². The fraction of sp³-hybridized carbons (Fsp3) is 0. The lowest BCUT2D eigenvalue weighted by atomic mass is 10.2. The zero-order valence-electron chi connectivity index (χ0n) is 10.7. The van der Waals surface area contributed by atoms with E-state index in [1.54, 1.807) is 18.3 Å². The summed E-state index contributed by atoms with van der Waals surface area (Å²) in [7, 11) is 0. The summed E-state index contributed by atoms with van der Waals surface area (Å²) in [5, 5.41) is 3.85. The summed E-state index contributed by atoms with van der Waals surface area (Å²) in [5.41, 5.74) is 13.5. The number of nitrogens with two attached hydrogens (primary N) is 2. The van der Waals surface area contributed by atoms with Crippen molar-refractivity contribution in [1.82, 2.24) is 15.0 Å². The smallest absolute Gasteiger partial charge is 0.408 e. The monoisotopic (exact) mass is 301 g/mol. The van der Waals surface area contributed by atoms with Crippen LogP contribution >= 0.6 is 11.3 Å². The molecule has 0 saturated carbocycles. The second-order valence-corrected chi connectivity index (χ2v) is 4.94. The second-order valence-electron chi connectivity index (χ2n) is 4.16. The Hall–Kier alpha value is -2.87. The standard InChI is InChI=1S/C13H11N5O2S/c14-12-16-3-1-8(18-12)9-5-10(20-13(15)19)11(17-9)7-2-4-21-6-7/h1-6,17H,(H2,15,19)(H2,14,16,18). The maximum Gasteiger partial charge on any atom is 0.410 e. The number of carbonyl (C=O) groups is 1. The molecule has 3 aromatic rings. The molecule has 8 heteroatoms. The van der Waals surface area contributed by atoms with Crippen LogP contribution < -0.4 is 16.2 Å². The van der Waals surface area contributed by atoms with Crippen LogP contribution in [0, 0.1) is 0 Å². The highest BCUT2D eigenvalue weighted by Crippen LogP contribution is 2.35. The molecule has 3 heterocycles. The molecule has 1 amide bonds. The number of rotatable bonds is 3. The molecule has 3 aromatic heterocycles. The highest BCUT2D eigenvalue weighted by atomic mass is 32.1. The number of nitrogen functional groups attached to an aromatic ring is 1. The molecule has 106 valence electrons. The Balaban J connectivity index is 2.09. The third-order valence-electron chi connectivity index (χ3n) is 2.75. The van der Waals surface area contributed by atoms with Crippen LogP contribution in [0.25, 0.3) is 22.6 Å². The number of hydrogen-bond donors (Lipinski definition) is 3. The van der Waals surface area contributed by atoms with E-state index in [1.807, 2.05) is 16.8 Å². The SMILES string of the molecule is NC(=O)Oc1cc(-c2ccnc(N)n2)[nH]c1-c1ccsc1. The lowest BCUT2D eigenvalue weighted by Gasteiger charge is -2.00. The fourth-order valence-electron chi connectivity index (χ4n) is 1.91. The molecule has 3 rings (SSSR count). The van der Waals surface area contributed by atoms with Gasteiger partial charge in [0, 0.05) is 23.2 Å². The molecule has 0 unspecified atom stereocenters. The summed E-state index contributed by atoms with van der Waals surface area (Å²) in [6.45, 7) is 0. The number of nitrogens with zero attached hydrogens (tertiary/aromatic N) is 2. The van der Waals surface area contributed by atoms with Crippen molar-refractivity contribution in [1.29, 1.82) is 0 Å². The Bertz CT molecular complexity index is 782. The number of thiophene rings is 1. The molecule has 21 heavy (non-hydrogen) atoms. The average Bonchev–Trinajstić information content (AvgIpc) is 3.06. The zero-order chi connectivity index (χ0) is 14.8. The van der Waals surface area contributed by atoms with Gasteiger partial charge in [0.2, 0.25) is 5.95 Å². The van der Waals surface area contributed by atoms with Gasteiger partial charge in [0.15, 0.2) is 5.75 Å². The van der Waals surface area contributed by atoms with E-state index in [-0.39, 0.29) is 5.95 Å². The van der Waals surface area contributed by atoms with Gasteiger partial charge in [0.25, 0.3) is 0 Å². The van der Waals surface area contributed by atoms with Crippen LogP contribution in [0.3, 0.4) is 0 Å². The molecule has 7 nitrogen and oxygen atoms in total. The minimum atomic E-state index is -0.876. The highest BCUT2D eigenvalue weighted by Gasteiger charge is 2.16. The van der Waals surface area contributed by atoms with Gasteiger partial charge in [-0.2, -0.15) is 11.3 Å². The minimum Gasteiger partial charge on any atom is -0.408 e. The van der Waals surface area contributed by atoms with Gasteiger partial charge in [0.05, 0.1) is 17.1 Å². The van der Waals surface area contributed by atoms with Crippen molar-refractivity contribution >= 4 is 23.4 Å². The molecule has 0 aliphatic rings. The Morgan fingerprint density at radius 1 is 1.38 bits per heavy atom. The molecule has 0 atom stereocenters. The van der Waals surface area contributed by atoms with Gasteiger partial charge in [0.1, 0.15) is 0 Å². The van der Waals surface area contributed by atoms with Gasteiger partial charge in [-0.3, -0.25) is 0 Å². The van der Waals surface area contributed by atoms with Crippen molar-refractivity contribution in [3.8, 4) is 28.4 Å². The Morgan fingerprint density at radius 2 is 2.24 bits per heavy atom. The number of amides is 1. The molecule has 0 fully saturated rings. The first-order valence-corrected chi connectivity index (χ1v) is 6.89. The quantitative estimate of drug-likeness (QED) is 0.685. The molecule has 0 saturated heterocycles. The summed E-state index contributed by atoms with van der Waals surface area (Å²) >= 11 is 1.53. The molecule has 0 aliphatic heterocycles. The van der Waals surface area contributed by atoms with Gasteiger partial charge in [-0.15, -0.1) is 0 Å². The summed E-state index contributed by atoms with van der Waals surface area (Å²) in [6.07, 6.45) is 0.677. The van der Waals surface area contributed by atoms with Crippen LogP contribution in [-0.2, 0) is 0 Å². The van der Waals surface area contributed by atoms with Crippen molar-refractivity contribution in [3.63, 3.8) is 0 Å². The minimum absolute atomic E-state index is 0.163. The number of ether oxygens (including phenoxy) is 1. The Kier molecular flexibility index (Phi) is 3.28. The first-order chi connectivity index (χ1) is 10.1. The molecular weight excluding hydrogens is 290 g/mol. The zero-order valence-corrected chi connectivity index (χ0v) is 11.6. The van der Waals surface area contributed by atoms with E-state index in [0.717, 1.165) is 5.56 Å². The number of aromatic amines is 1. The van der Waals surface area contributed by atoms with Crippen LogP contribution in [0.15, 0.2) is 35.2 Å². The molecular formula is C13H11N5O2S. The fourth-order valence-corrected chi connectivity index (χ4v) is 2.55. The van der Waals surface area contributed by atoms with Crippen molar-refractivity contribution in [2.45, 2.75) is 0 Å². The van der Waals surface area contributed by atoms with Crippen LogP contribution in [0.4, 0.5) is 10.7 Å². The van der Waals surface area contributed by atoms with Crippen LogP contribution in [0.5, 0.6) is 5.75 Å². The van der Waals surface area contributed by atoms with Gasteiger partial charge in [-0.05, 0) is 17.5 Å². The van der Waals surface area contributed by atoms with Crippen LogP contribution in [-0.4, -0.2) is 21.0 Å². The average molecular weight is 301 g/mol. The summed E-state index contributed by atoms with van der Waals surface area (Å²) in [6, 6.07) is 5.26. The van der Waals surface area contributed by atoms with Gasteiger partial charge < -0.3 is 21.2 Å². The van der Waals surface area contributed by atoms with Crippen LogP contribution in [0.1, 0.15) is 0 Å². The number of H-pyrrole nitrogens is 1. The molecule has 5 N–H and O–H groups in total. The molecule has 0 bridgehead atoms. The lowest BCUT2D eigenvalue weighted by molar-refractivity contribution is 0.211. The topological polar surface area (TPSA) is 120 Å². The summed E-state index contributed by atoms with van der Waals surface area (Å²) < 4.78 is 5.04. The first kappa shape index (κ1) is 13.1. The predicted molar refractivity (Wildman–Crippen MR) is 79.8 cm³/mol. The third-order valence-corrected chi connectivity index (χ3v) is 3.44. The van der Waals surface area contributed by atoms with Crippen molar-refractivity contribution < 1.29 is 9.53 Å². The maximum atomic E-state index is 11.0. The summed E-state index contributed by atoms with van der Waals surface area (Å²) in [4.78, 5) is 22.2. The number of hydrogen-bond acceptors (Lipinski definition) is 6. The van der Waals surface area contributed by atoms with Crippen molar-refractivity contribution in [3.05, 3.63) is 35.2 Å². The molecule has 0 spiro atoms. The highest BCUT2D eigenvalue weighted by molar-refractivity contribution is 7.08. The van der Waals surface area contributed by atoms with Gasteiger partial charge >= 0.3 is 6.09 Å².